The maximum absolute atomic E-state index is 14.9. The summed E-state index contributed by atoms with van der Waals surface area (Å²) in [5.74, 6) is -1.56. The van der Waals surface area contributed by atoms with Crippen molar-refractivity contribution in [3.05, 3.63) is 101 Å². The van der Waals surface area contributed by atoms with Gasteiger partial charge in [-0.15, -0.1) is 0 Å². The van der Waals surface area contributed by atoms with Crippen LogP contribution in [0.15, 0.2) is 72.8 Å². The molecule has 8 nitrogen and oxygen atoms in total. The van der Waals surface area contributed by atoms with E-state index in [1.807, 2.05) is 57.2 Å². The largest absolute Gasteiger partial charge is 0.352 e. The molecule has 0 bridgehead atoms. The highest BCUT2D eigenvalue weighted by atomic mass is 32.2. The summed E-state index contributed by atoms with van der Waals surface area (Å²) < 4.78 is 44.2. The zero-order valence-corrected chi connectivity index (χ0v) is 26.0. The van der Waals surface area contributed by atoms with E-state index in [9.17, 15) is 22.4 Å². The average Bonchev–Trinajstić information content (AvgIpc) is 2.96. The fourth-order valence-corrected chi connectivity index (χ4v) is 5.61. The first-order valence-electron chi connectivity index (χ1n) is 14.0. The number of anilines is 1. The summed E-state index contributed by atoms with van der Waals surface area (Å²) in [7, 11) is -1.33. The molecule has 3 rings (SSSR count). The van der Waals surface area contributed by atoms with Gasteiger partial charge in [-0.25, -0.2) is 8.70 Å². The minimum Gasteiger partial charge on any atom is -0.352 e. The van der Waals surface area contributed by atoms with Gasteiger partial charge in [-0.3, -0.25) is 9.59 Å². The van der Waals surface area contributed by atoms with Crippen LogP contribution in [0.5, 0.6) is 0 Å². The normalized spacial score (nSPS) is 13.0. The molecule has 0 saturated heterocycles. The third-order valence-corrected chi connectivity index (χ3v) is 9.03. The molecule has 10 heteroatoms. The van der Waals surface area contributed by atoms with Crippen molar-refractivity contribution in [2.45, 2.75) is 59.2 Å². The highest BCUT2D eigenvalue weighted by Crippen LogP contribution is 2.26. The van der Waals surface area contributed by atoms with E-state index < -0.39 is 40.4 Å². The van der Waals surface area contributed by atoms with E-state index in [0.717, 1.165) is 19.7 Å². The summed E-state index contributed by atoms with van der Waals surface area (Å²) in [5.41, 5.74) is 2.86. The van der Waals surface area contributed by atoms with Crippen LogP contribution in [0, 0.1) is 19.7 Å². The van der Waals surface area contributed by atoms with Gasteiger partial charge < -0.3 is 10.2 Å². The van der Waals surface area contributed by atoms with Gasteiger partial charge in [0.2, 0.25) is 11.8 Å². The molecule has 0 saturated carbocycles. The molecule has 1 N–H and O–H groups in total. The van der Waals surface area contributed by atoms with Gasteiger partial charge >= 0.3 is 10.2 Å². The predicted octanol–water partition coefficient (Wildman–Crippen LogP) is 4.61. The lowest BCUT2D eigenvalue weighted by Gasteiger charge is -2.35. The lowest BCUT2D eigenvalue weighted by atomic mass is 10.0. The van der Waals surface area contributed by atoms with Crippen LogP contribution in [-0.2, 0) is 32.8 Å². The number of rotatable bonds is 13. The van der Waals surface area contributed by atoms with Crippen LogP contribution in [0.1, 0.15) is 42.5 Å². The van der Waals surface area contributed by atoms with Crippen molar-refractivity contribution in [2.75, 3.05) is 24.9 Å². The fourth-order valence-electron chi connectivity index (χ4n) is 4.50. The van der Waals surface area contributed by atoms with Crippen LogP contribution in [0.4, 0.5) is 10.1 Å². The van der Waals surface area contributed by atoms with E-state index in [4.69, 9.17) is 0 Å². The quantitative estimate of drug-likeness (QED) is 0.312. The standard InChI is InChI=1S/C32H41FN4O4S/c1-7-25(4)34-32(39)30(20-26-13-9-8-10-14-26)36(21-27-15-11-12-16-28(27)33)31(38)22-37(42(40,41)35(5)6)29-19-23(2)17-18-24(29)3/h8-19,25,30H,7,20-22H2,1-6H3,(H,34,39)/t25-,30+/m0/s1. The molecule has 42 heavy (non-hydrogen) atoms. The van der Waals surface area contributed by atoms with Crippen molar-refractivity contribution in [1.29, 1.82) is 0 Å². The maximum atomic E-state index is 14.9. The number of hydrogen-bond acceptors (Lipinski definition) is 4. The van der Waals surface area contributed by atoms with Crippen molar-refractivity contribution >= 4 is 27.7 Å². The Labute approximate surface area is 249 Å². The van der Waals surface area contributed by atoms with E-state index in [2.05, 4.69) is 5.32 Å². The minimum absolute atomic E-state index is 0.160. The first kappa shape index (κ1) is 32.8. The second-order valence-corrected chi connectivity index (χ2v) is 12.8. The SMILES string of the molecule is CC[C@H](C)NC(=O)[C@@H](Cc1ccccc1)N(Cc1ccccc1F)C(=O)CN(c1cc(C)ccc1C)S(=O)(=O)N(C)C. The summed E-state index contributed by atoms with van der Waals surface area (Å²) in [5, 5.41) is 2.97. The Kier molecular flexibility index (Phi) is 11.2. The van der Waals surface area contributed by atoms with E-state index in [1.165, 1.54) is 25.1 Å². The Bertz CT molecular complexity index is 1480. The lowest BCUT2D eigenvalue weighted by Crippen LogP contribution is -2.55. The molecule has 0 radical (unpaired) electrons. The first-order chi connectivity index (χ1) is 19.8. The van der Waals surface area contributed by atoms with E-state index in [1.54, 1.807) is 37.3 Å². The van der Waals surface area contributed by atoms with Crippen molar-refractivity contribution in [3.63, 3.8) is 0 Å². The highest BCUT2D eigenvalue weighted by Gasteiger charge is 2.35. The lowest BCUT2D eigenvalue weighted by molar-refractivity contribution is -0.140. The molecular weight excluding hydrogens is 555 g/mol. The molecule has 2 atom stereocenters. The summed E-state index contributed by atoms with van der Waals surface area (Å²) in [6.45, 7) is 6.61. The second kappa shape index (κ2) is 14.4. The number of amides is 2. The monoisotopic (exact) mass is 596 g/mol. The van der Waals surface area contributed by atoms with E-state index >= 15 is 0 Å². The number of hydrogen-bond donors (Lipinski definition) is 1. The average molecular weight is 597 g/mol. The number of benzene rings is 3. The summed E-state index contributed by atoms with van der Waals surface area (Å²) in [6.07, 6.45) is 0.833. The van der Waals surface area contributed by atoms with Gasteiger partial charge in [0.15, 0.2) is 0 Å². The Morgan fingerprint density at radius 1 is 0.952 bits per heavy atom. The van der Waals surface area contributed by atoms with Crippen LogP contribution in [0.25, 0.3) is 0 Å². The molecule has 0 heterocycles. The third-order valence-electron chi connectivity index (χ3n) is 7.22. The van der Waals surface area contributed by atoms with Gasteiger partial charge in [0, 0.05) is 38.7 Å². The van der Waals surface area contributed by atoms with Crippen molar-refractivity contribution in [2.24, 2.45) is 0 Å². The molecular formula is C32H41FN4O4S. The number of nitrogens with zero attached hydrogens (tertiary/aromatic N) is 3. The van der Waals surface area contributed by atoms with Gasteiger partial charge in [-0.1, -0.05) is 67.6 Å². The minimum atomic E-state index is -4.12. The Hall–Kier alpha value is -3.76. The smallest absolute Gasteiger partial charge is 0.304 e. The molecule has 0 aliphatic heterocycles. The molecule has 0 aliphatic carbocycles. The maximum Gasteiger partial charge on any atom is 0.304 e. The summed E-state index contributed by atoms with van der Waals surface area (Å²) in [6, 6.07) is 19.5. The van der Waals surface area contributed by atoms with Gasteiger partial charge in [-0.2, -0.15) is 12.7 Å². The fraction of sp³-hybridized carbons (Fsp3) is 0.375. The summed E-state index contributed by atoms with van der Waals surface area (Å²) >= 11 is 0. The Morgan fingerprint density at radius 2 is 1.60 bits per heavy atom. The number of carbonyl (C=O) groups is 2. The molecule has 3 aromatic carbocycles. The number of halogens is 1. The molecule has 0 aromatic heterocycles. The van der Waals surface area contributed by atoms with Crippen LogP contribution < -0.4 is 9.62 Å². The van der Waals surface area contributed by atoms with Gasteiger partial charge in [0.05, 0.1) is 5.69 Å². The molecule has 0 spiro atoms. The molecule has 0 aliphatic rings. The van der Waals surface area contributed by atoms with Crippen molar-refractivity contribution in [3.8, 4) is 0 Å². The zero-order chi connectivity index (χ0) is 31.0. The molecule has 3 aromatic rings. The van der Waals surface area contributed by atoms with Crippen molar-refractivity contribution < 1.29 is 22.4 Å². The number of carbonyl (C=O) groups excluding carboxylic acids is 2. The zero-order valence-electron chi connectivity index (χ0n) is 25.2. The number of nitrogens with one attached hydrogen (secondary N) is 1. The first-order valence-corrected chi connectivity index (χ1v) is 15.4. The second-order valence-electron chi connectivity index (χ2n) is 10.7. The highest BCUT2D eigenvalue weighted by molar-refractivity contribution is 7.90. The predicted molar refractivity (Wildman–Crippen MR) is 165 cm³/mol. The van der Waals surface area contributed by atoms with E-state index in [-0.39, 0.29) is 24.6 Å². The molecule has 0 fully saturated rings. The van der Waals surface area contributed by atoms with Crippen LogP contribution in [0.2, 0.25) is 0 Å². The van der Waals surface area contributed by atoms with Crippen LogP contribution >= 0.6 is 0 Å². The van der Waals surface area contributed by atoms with Gasteiger partial charge in [0.25, 0.3) is 0 Å². The third kappa shape index (κ3) is 8.17. The van der Waals surface area contributed by atoms with Crippen LogP contribution in [0.3, 0.4) is 0 Å². The van der Waals surface area contributed by atoms with E-state index in [0.29, 0.717) is 17.7 Å². The van der Waals surface area contributed by atoms with Gasteiger partial charge in [-0.05, 0) is 56.0 Å². The molecule has 2 amide bonds. The van der Waals surface area contributed by atoms with Crippen LogP contribution in [-0.4, -0.2) is 62.2 Å². The Morgan fingerprint density at radius 3 is 2.21 bits per heavy atom. The van der Waals surface area contributed by atoms with Gasteiger partial charge in [0.1, 0.15) is 18.4 Å². The molecule has 226 valence electrons. The molecule has 0 unspecified atom stereocenters. The van der Waals surface area contributed by atoms with Crippen molar-refractivity contribution in [1.82, 2.24) is 14.5 Å². The summed E-state index contributed by atoms with van der Waals surface area (Å²) in [4.78, 5) is 29.4. The number of aryl methyl sites for hydroxylation is 2. The topological polar surface area (TPSA) is 90.0 Å². The Balaban J connectivity index is 2.14.